The van der Waals surface area contributed by atoms with E-state index in [4.69, 9.17) is 5.73 Å². The Morgan fingerprint density at radius 3 is 2.23 bits per heavy atom. The molecule has 3 aromatic carbocycles. The summed E-state index contributed by atoms with van der Waals surface area (Å²) in [6.45, 7) is 5.27. The quantitative estimate of drug-likeness (QED) is 0.182. The maximum Gasteiger partial charge on any atom is 0.296 e. The van der Waals surface area contributed by atoms with Crippen molar-refractivity contribution >= 4 is 44.7 Å². The monoisotopic (exact) mass is 491 g/mol. The van der Waals surface area contributed by atoms with Crippen LogP contribution >= 0.6 is 0 Å². The first kappa shape index (κ1) is 23.9. The van der Waals surface area contributed by atoms with E-state index in [1.54, 1.807) is 43.3 Å². The summed E-state index contributed by atoms with van der Waals surface area (Å²) in [7, 11) is -4.80. The Balaban J connectivity index is 1.78. The Hall–Kier alpha value is -4.28. The number of carbonyl (C=O) groups excluding carboxylic acids is 3. The molecule has 0 unspecified atom stereocenters. The van der Waals surface area contributed by atoms with Gasteiger partial charge in [-0.25, -0.2) is 0 Å². The molecule has 0 spiro atoms. The van der Waals surface area contributed by atoms with Crippen molar-refractivity contribution in [3.05, 3.63) is 94.6 Å². The van der Waals surface area contributed by atoms with Gasteiger partial charge in [0.05, 0.1) is 16.8 Å². The largest absolute Gasteiger partial charge is 0.397 e. The van der Waals surface area contributed by atoms with Gasteiger partial charge in [0.25, 0.3) is 16.0 Å². The van der Waals surface area contributed by atoms with Gasteiger partial charge >= 0.3 is 0 Å². The molecular formula is C25H21N3O6S. The van der Waals surface area contributed by atoms with E-state index in [2.05, 4.69) is 17.2 Å². The van der Waals surface area contributed by atoms with Crippen LogP contribution < -0.4 is 16.4 Å². The van der Waals surface area contributed by atoms with Crippen molar-refractivity contribution in [1.29, 1.82) is 0 Å². The van der Waals surface area contributed by atoms with Crippen LogP contribution in [0, 0.1) is 0 Å². The summed E-state index contributed by atoms with van der Waals surface area (Å²) in [6.07, 6.45) is 0. The Morgan fingerprint density at radius 2 is 1.63 bits per heavy atom. The van der Waals surface area contributed by atoms with Crippen LogP contribution in [0.1, 0.15) is 44.3 Å². The topological polar surface area (TPSA) is 156 Å². The minimum atomic E-state index is -4.80. The maximum atomic E-state index is 13.3. The Labute approximate surface area is 201 Å². The van der Waals surface area contributed by atoms with Gasteiger partial charge in [-0.15, -0.1) is 0 Å². The second-order valence-electron chi connectivity index (χ2n) is 8.05. The van der Waals surface area contributed by atoms with Crippen molar-refractivity contribution in [2.24, 2.45) is 0 Å². The molecule has 1 aliphatic carbocycles. The van der Waals surface area contributed by atoms with E-state index >= 15 is 0 Å². The fraction of sp³-hybridized carbons (Fsp3) is 0.0800. The molecule has 35 heavy (non-hydrogen) atoms. The van der Waals surface area contributed by atoms with E-state index in [0.717, 1.165) is 6.07 Å². The summed E-state index contributed by atoms with van der Waals surface area (Å²) in [5, 5.41) is 5.68. The van der Waals surface area contributed by atoms with Crippen molar-refractivity contribution < 1.29 is 27.4 Å². The van der Waals surface area contributed by atoms with Gasteiger partial charge in [-0.05, 0) is 30.7 Å². The van der Waals surface area contributed by atoms with E-state index in [9.17, 15) is 27.4 Å². The van der Waals surface area contributed by atoms with Crippen LogP contribution in [0.15, 0.2) is 71.6 Å². The molecule has 4 rings (SSSR count). The molecule has 0 atom stereocenters. The number of anilines is 3. The average Bonchev–Trinajstić information content (AvgIpc) is 2.81. The highest BCUT2D eigenvalue weighted by Gasteiger charge is 2.36. The molecule has 0 saturated carbocycles. The van der Waals surface area contributed by atoms with E-state index in [0.29, 0.717) is 16.8 Å². The lowest BCUT2D eigenvalue weighted by molar-refractivity contribution is -0.112. The molecule has 178 valence electrons. The normalized spacial score (nSPS) is 12.5. The van der Waals surface area contributed by atoms with Crippen LogP contribution in [0.5, 0.6) is 0 Å². The number of amides is 1. The van der Waals surface area contributed by atoms with Crippen LogP contribution in [-0.4, -0.2) is 30.4 Å². The molecule has 0 aliphatic heterocycles. The summed E-state index contributed by atoms with van der Waals surface area (Å²) in [6, 6.07) is 14.0. The third-order valence-corrected chi connectivity index (χ3v) is 6.43. The van der Waals surface area contributed by atoms with Gasteiger partial charge in [0.15, 0.2) is 11.6 Å². The molecule has 0 saturated heterocycles. The minimum Gasteiger partial charge on any atom is -0.397 e. The number of ketones is 2. The molecule has 5 N–H and O–H groups in total. The number of nitrogens with two attached hydrogens (primary N) is 1. The van der Waals surface area contributed by atoms with Crippen LogP contribution in [0.4, 0.5) is 17.1 Å². The summed E-state index contributed by atoms with van der Waals surface area (Å²) in [5.41, 5.74) is 6.92. The molecule has 0 aromatic heterocycles. The van der Waals surface area contributed by atoms with Crippen LogP contribution in [0.3, 0.4) is 0 Å². The highest BCUT2D eigenvalue weighted by atomic mass is 32.2. The SMILES string of the molecule is C=C(C)C(=O)Nc1cccc(CNc2cc(S(=O)(=O)O)c(N)c3c2C(=O)c2ccccc2C3=O)c1. The third kappa shape index (κ3) is 4.44. The first-order valence-corrected chi connectivity index (χ1v) is 11.8. The Morgan fingerprint density at radius 1 is 1.00 bits per heavy atom. The summed E-state index contributed by atoms with van der Waals surface area (Å²) in [4.78, 5) is 37.7. The molecule has 3 aromatic rings. The van der Waals surface area contributed by atoms with Crippen molar-refractivity contribution in [3.63, 3.8) is 0 Å². The lowest BCUT2D eigenvalue weighted by Crippen LogP contribution is -2.25. The first-order chi connectivity index (χ1) is 16.5. The molecule has 0 radical (unpaired) electrons. The molecule has 1 amide bonds. The summed E-state index contributed by atoms with van der Waals surface area (Å²) < 4.78 is 33.7. The Kier molecular flexibility index (Phi) is 6.01. The second kappa shape index (κ2) is 8.82. The van der Waals surface area contributed by atoms with Gasteiger partial charge in [0.2, 0.25) is 0 Å². The summed E-state index contributed by atoms with van der Waals surface area (Å²) in [5.74, 6) is -1.47. The van der Waals surface area contributed by atoms with Crippen LogP contribution in [-0.2, 0) is 21.5 Å². The highest BCUT2D eigenvalue weighted by Crippen LogP contribution is 2.39. The van der Waals surface area contributed by atoms with E-state index < -0.39 is 32.3 Å². The van der Waals surface area contributed by atoms with Crippen molar-refractivity contribution in [1.82, 2.24) is 0 Å². The van der Waals surface area contributed by atoms with E-state index in [1.807, 2.05) is 0 Å². The van der Waals surface area contributed by atoms with Crippen LogP contribution in [0.25, 0.3) is 0 Å². The lowest BCUT2D eigenvalue weighted by Gasteiger charge is -2.23. The number of benzene rings is 3. The number of fused-ring (bicyclic) bond motifs is 2. The first-order valence-electron chi connectivity index (χ1n) is 10.4. The molecule has 10 heteroatoms. The lowest BCUT2D eigenvalue weighted by atomic mass is 9.82. The second-order valence-corrected chi connectivity index (χ2v) is 9.44. The predicted octanol–water partition coefficient (Wildman–Crippen LogP) is 3.42. The Bertz CT molecular complexity index is 1540. The number of carbonyl (C=O) groups is 3. The van der Waals surface area contributed by atoms with Crippen LogP contribution in [0.2, 0.25) is 0 Å². The van der Waals surface area contributed by atoms with Crippen molar-refractivity contribution in [3.8, 4) is 0 Å². The predicted molar refractivity (Wildman–Crippen MR) is 131 cm³/mol. The maximum absolute atomic E-state index is 13.3. The zero-order chi connectivity index (χ0) is 25.5. The fourth-order valence-corrected chi connectivity index (χ4v) is 4.49. The number of hydrogen-bond acceptors (Lipinski definition) is 7. The van der Waals surface area contributed by atoms with Gasteiger partial charge in [-0.1, -0.05) is 43.0 Å². The van der Waals surface area contributed by atoms with Gasteiger partial charge in [0.1, 0.15) is 4.90 Å². The average molecular weight is 492 g/mol. The number of nitrogen functional groups attached to an aromatic ring is 1. The van der Waals surface area contributed by atoms with Gasteiger partial charge in [-0.3, -0.25) is 18.9 Å². The third-order valence-electron chi connectivity index (χ3n) is 5.53. The van der Waals surface area contributed by atoms with Crippen molar-refractivity contribution in [2.75, 3.05) is 16.4 Å². The van der Waals surface area contributed by atoms with Gasteiger partial charge in [0, 0.05) is 34.6 Å². The molecule has 9 nitrogen and oxygen atoms in total. The molecular weight excluding hydrogens is 470 g/mol. The number of rotatable bonds is 6. The molecule has 0 fully saturated rings. The van der Waals surface area contributed by atoms with Crippen molar-refractivity contribution in [2.45, 2.75) is 18.4 Å². The highest BCUT2D eigenvalue weighted by molar-refractivity contribution is 7.86. The zero-order valence-electron chi connectivity index (χ0n) is 18.6. The van der Waals surface area contributed by atoms with E-state index in [-0.39, 0.29) is 40.4 Å². The summed E-state index contributed by atoms with van der Waals surface area (Å²) >= 11 is 0. The molecule has 0 bridgehead atoms. The molecule has 0 heterocycles. The number of nitrogens with one attached hydrogen (secondary N) is 2. The number of hydrogen-bond donors (Lipinski definition) is 4. The van der Waals surface area contributed by atoms with Gasteiger partial charge in [-0.2, -0.15) is 8.42 Å². The fourth-order valence-electron chi connectivity index (χ4n) is 3.84. The minimum absolute atomic E-state index is 0.0195. The standard InChI is InChI=1S/C25H21N3O6S/c1-13(2)25(31)28-15-7-5-6-14(10-15)12-27-18-11-19(35(32,33)34)22(26)21-20(18)23(29)16-8-3-4-9-17(16)24(21)30/h3-11,27H,1,12,26H2,2H3,(H,28,31)(H,32,33,34). The van der Waals surface area contributed by atoms with E-state index in [1.165, 1.54) is 12.1 Å². The van der Waals surface area contributed by atoms with Gasteiger partial charge < -0.3 is 16.4 Å². The zero-order valence-corrected chi connectivity index (χ0v) is 19.4. The molecule has 1 aliphatic rings. The smallest absolute Gasteiger partial charge is 0.296 e.